The molecule has 108 valence electrons. The predicted molar refractivity (Wildman–Crippen MR) is 83.8 cm³/mol. The maximum atomic E-state index is 10.8. The molecule has 1 aromatic carbocycles. The van der Waals surface area contributed by atoms with E-state index in [0.717, 1.165) is 10.9 Å². The van der Waals surface area contributed by atoms with E-state index in [9.17, 15) is 4.79 Å². The largest absolute Gasteiger partial charge is 0.483 e. The molecule has 0 atom stereocenters. The van der Waals surface area contributed by atoms with E-state index in [2.05, 4.69) is 10.3 Å². The Morgan fingerprint density at radius 2 is 1.52 bits per heavy atom. The number of pyridine rings is 1. The van der Waals surface area contributed by atoms with Gasteiger partial charge in [0.05, 0.1) is 0 Å². The fourth-order valence-electron chi connectivity index (χ4n) is 1.50. The normalized spacial score (nSPS) is 11.2. The molecule has 0 amide bonds. The van der Waals surface area contributed by atoms with Crippen LogP contribution in [0.1, 0.15) is 0 Å². The molecule has 1 aromatic heterocycles. The van der Waals surface area contributed by atoms with E-state index in [4.69, 9.17) is 9.90 Å². The van der Waals surface area contributed by atoms with E-state index in [1.165, 1.54) is 6.07 Å². The number of hydrogen-bond acceptors (Lipinski definition) is 3. The highest BCUT2D eigenvalue weighted by molar-refractivity contribution is 5.77. The third-order valence-electron chi connectivity index (χ3n) is 2.35. The molecule has 1 aliphatic rings. The number of hydrogen-bond donors (Lipinski definition) is 3. The first-order chi connectivity index (χ1) is 10.3. The number of carboxylic acid groups (broad SMARTS) is 1. The molecule has 3 N–H and O–H groups in total. The minimum atomic E-state index is -0.250. The summed E-state index contributed by atoms with van der Waals surface area (Å²) in [7, 11) is 0. The molecule has 2 heterocycles. The van der Waals surface area contributed by atoms with Gasteiger partial charge >= 0.3 is 0 Å². The van der Waals surface area contributed by atoms with Crippen molar-refractivity contribution in [3.63, 3.8) is 0 Å². The molecule has 1 aliphatic heterocycles. The second-order valence-electron chi connectivity index (χ2n) is 3.79. The number of para-hydroxylation sites is 1. The van der Waals surface area contributed by atoms with Crippen LogP contribution < -0.4 is 10.9 Å². The van der Waals surface area contributed by atoms with Crippen molar-refractivity contribution in [2.75, 3.05) is 0 Å². The van der Waals surface area contributed by atoms with Gasteiger partial charge in [-0.3, -0.25) is 9.59 Å². The van der Waals surface area contributed by atoms with Gasteiger partial charge in [-0.2, -0.15) is 0 Å². The summed E-state index contributed by atoms with van der Waals surface area (Å²) in [5, 5.41) is 10.9. The zero-order valence-electron chi connectivity index (χ0n) is 11.3. The van der Waals surface area contributed by atoms with Gasteiger partial charge in [-0.25, -0.2) is 0 Å². The van der Waals surface area contributed by atoms with Crippen LogP contribution in [0.2, 0.25) is 0 Å². The average Bonchev–Trinajstić information content (AvgIpc) is 2.81. The first kappa shape index (κ1) is 16.0. The Kier molecular flexibility index (Phi) is 7.45. The van der Waals surface area contributed by atoms with E-state index in [1.807, 2.05) is 67.0 Å². The van der Waals surface area contributed by atoms with E-state index < -0.39 is 0 Å². The Morgan fingerprint density at radius 1 is 0.905 bits per heavy atom. The molecular weight excluding hydrogens is 268 g/mol. The van der Waals surface area contributed by atoms with Crippen LogP contribution >= 0.6 is 0 Å². The molecule has 0 radical (unpaired) electrons. The minimum absolute atomic E-state index is 0.0521. The van der Waals surface area contributed by atoms with Crippen molar-refractivity contribution in [2.24, 2.45) is 0 Å². The topological polar surface area (TPSA) is 82.2 Å². The van der Waals surface area contributed by atoms with Crippen LogP contribution in [0.5, 0.6) is 0 Å². The lowest BCUT2D eigenvalue weighted by Gasteiger charge is -1.93. The standard InChI is InChI=1S/C9H7NO.C6H7N.CH2O2/c11-9-6-5-7-3-1-2-4-8(7)10-9;1-2-4-6-7-5-3-1;2-1-3/h1-6H,(H,10,11);1-7H;1H,(H,2,3). The maximum absolute atomic E-state index is 10.8. The monoisotopic (exact) mass is 284 g/mol. The van der Waals surface area contributed by atoms with Gasteiger partial charge < -0.3 is 15.4 Å². The first-order valence-electron chi connectivity index (χ1n) is 6.18. The van der Waals surface area contributed by atoms with Crippen molar-refractivity contribution in [1.82, 2.24) is 10.3 Å². The van der Waals surface area contributed by atoms with Gasteiger partial charge in [0.25, 0.3) is 6.47 Å². The number of aromatic nitrogens is 1. The second kappa shape index (κ2) is 9.80. The molecule has 0 saturated heterocycles. The molecule has 5 nitrogen and oxygen atoms in total. The van der Waals surface area contributed by atoms with Crippen molar-refractivity contribution in [1.29, 1.82) is 0 Å². The van der Waals surface area contributed by atoms with E-state index in [-0.39, 0.29) is 12.0 Å². The summed E-state index contributed by atoms with van der Waals surface area (Å²) >= 11 is 0. The fourth-order valence-corrected chi connectivity index (χ4v) is 1.50. The fraction of sp³-hybridized carbons (Fsp3) is 0. The Balaban J connectivity index is 0.000000190. The Labute approximate surface area is 121 Å². The maximum Gasteiger partial charge on any atom is 0.290 e. The van der Waals surface area contributed by atoms with Crippen molar-refractivity contribution >= 4 is 17.4 Å². The highest BCUT2D eigenvalue weighted by Crippen LogP contribution is 2.06. The third kappa shape index (κ3) is 6.58. The van der Waals surface area contributed by atoms with Crippen LogP contribution in [-0.4, -0.2) is 16.6 Å². The second-order valence-corrected chi connectivity index (χ2v) is 3.79. The molecule has 0 unspecified atom stereocenters. The molecule has 2 aromatic rings. The lowest BCUT2D eigenvalue weighted by Crippen LogP contribution is -2.01. The van der Waals surface area contributed by atoms with E-state index in [1.54, 1.807) is 0 Å². The quantitative estimate of drug-likeness (QED) is 0.649. The van der Waals surface area contributed by atoms with Crippen LogP contribution in [0.4, 0.5) is 0 Å². The van der Waals surface area contributed by atoms with Gasteiger partial charge in [-0.05, 0) is 29.7 Å². The van der Waals surface area contributed by atoms with Crippen LogP contribution in [0.3, 0.4) is 0 Å². The highest BCUT2D eigenvalue weighted by Gasteiger charge is 1.89. The van der Waals surface area contributed by atoms with Crippen molar-refractivity contribution in [2.45, 2.75) is 0 Å². The number of aromatic amines is 1. The summed E-state index contributed by atoms with van der Waals surface area (Å²) in [5.41, 5.74) is 0.837. The van der Waals surface area contributed by atoms with Crippen molar-refractivity contribution in [3.8, 4) is 0 Å². The number of fused-ring (bicyclic) bond motifs is 1. The molecule has 0 bridgehead atoms. The molecule has 0 saturated carbocycles. The summed E-state index contributed by atoms with van der Waals surface area (Å²) in [4.78, 5) is 21.9. The lowest BCUT2D eigenvalue weighted by atomic mass is 10.2. The average molecular weight is 284 g/mol. The van der Waals surface area contributed by atoms with Gasteiger partial charge in [0.15, 0.2) is 0 Å². The SMILES string of the molecule is C1=CC=CNC=C1.O=CO.O=c1ccc2ccccc2[nH]1. The zero-order valence-corrected chi connectivity index (χ0v) is 11.3. The molecule has 0 spiro atoms. The number of nitrogens with one attached hydrogen (secondary N) is 2. The molecule has 5 heteroatoms. The van der Waals surface area contributed by atoms with Crippen molar-refractivity contribution in [3.05, 3.63) is 83.5 Å². The Bertz CT molecular complexity index is 686. The minimum Gasteiger partial charge on any atom is -0.483 e. The molecular formula is C16H16N2O3. The van der Waals surface area contributed by atoms with Gasteiger partial charge in [0, 0.05) is 24.0 Å². The van der Waals surface area contributed by atoms with Gasteiger partial charge in [0.2, 0.25) is 5.56 Å². The summed E-state index contributed by atoms with van der Waals surface area (Å²) < 4.78 is 0. The molecule has 0 fully saturated rings. The van der Waals surface area contributed by atoms with Crippen LogP contribution in [-0.2, 0) is 4.79 Å². The highest BCUT2D eigenvalue weighted by atomic mass is 16.3. The molecule has 0 aliphatic carbocycles. The smallest absolute Gasteiger partial charge is 0.290 e. The summed E-state index contributed by atoms with van der Waals surface area (Å²) in [5.74, 6) is 0. The number of benzene rings is 1. The summed E-state index contributed by atoms with van der Waals surface area (Å²) in [6, 6.07) is 11.0. The van der Waals surface area contributed by atoms with E-state index in [0.29, 0.717) is 0 Å². The number of allylic oxidation sites excluding steroid dienone is 4. The lowest BCUT2D eigenvalue weighted by molar-refractivity contribution is -0.122. The summed E-state index contributed by atoms with van der Waals surface area (Å²) in [6.45, 7) is -0.250. The number of carbonyl (C=O) groups is 1. The number of rotatable bonds is 0. The van der Waals surface area contributed by atoms with E-state index >= 15 is 0 Å². The van der Waals surface area contributed by atoms with Crippen LogP contribution in [0.25, 0.3) is 10.9 Å². The van der Waals surface area contributed by atoms with Crippen LogP contribution in [0, 0.1) is 0 Å². The van der Waals surface area contributed by atoms with Gasteiger partial charge in [0.1, 0.15) is 0 Å². The third-order valence-corrected chi connectivity index (χ3v) is 2.35. The predicted octanol–water partition coefficient (Wildman–Crippen LogP) is 2.40. The van der Waals surface area contributed by atoms with Gasteiger partial charge in [-0.1, -0.05) is 30.4 Å². The Hall–Kier alpha value is -3.08. The molecule has 3 rings (SSSR count). The summed E-state index contributed by atoms with van der Waals surface area (Å²) in [6.07, 6.45) is 11.6. The first-order valence-corrected chi connectivity index (χ1v) is 6.18. The molecule has 21 heavy (non-hydrogen) atoms. The zero-order chi connectivity index (χ0) is 15.3. The Morgan fingerprint density at radius 3 is 2.19 bits per heavy atom. The van der Waals surface area contributed by atoms with Crippen molar-refractivity contribution < 1.29 is 9.90 Å². The number of H-pyrrole nitrogens is 1. The van der Waals surface area contributed by atoms with Gasteiger partial charge in [-0.15, -0.1) is 0 Å². The van der Waals surface area contributed by atoms with Crippen LogP contribution in [0.15, 0.2) is 77.9 Å².